The van der Waals surface area contributed by atoms with E-state index >= 15 is 0 Å². The van der Waals surface area contributed by atoms with Crippen LogP contribution < -0.4 is 4.90 Å². The molecular formula is C21H28N4O3. The topological polar surface area (TPSA) is 78.5 Å². The molecule has 28 heavy (non-hydrogen) atoms. The summed E-state index contributed by atoms with van der Waals surface area (Å²) in [5.74, 6) is 0.856. The number of piperidine rings is 2. The molecule has 1 N–H and O–H groups in total. The van der Waals surface area contributed by atoms with Crippen molar-refractivity contribution in [3.05, 3.63) is 24.3 Å². The van der Waals surface area contributed by atoms with E-state index in [1.165, 1.54) is 0 Å². The number of carbonyl (C=O) groups is 2. The van der Waals surface area contributed by atoms with Gasteiger partial charge in [-0.3, -0.25) is 9.59 Å². The van der Waals surface area contributed by atoms with Crippen LogP contribution in [-0.4, -0.2) is 59.5 Å². The summed E-state index contributed by atoms with van der Waals surface area (Å²) in [4.78, 5) is 37.1. The van der Waals surface area contributed by atoms with E-state index in [0.29, 0.717) is 39.1 Å². The molecule has 2 saturated heterocycles. The maximum Gasteiger partial charge on any atom is 0.309 e. The number of aromatic amines is 1. The zero-order chi connectivity index (χ0) is 19.5. The number of likely N-dealkylation sites (tertiary alicyclic amines) is 1. The van der Waals surface area contributed by atoms with E-state index in [4.69, 9.17) is 4.74 Å². The van der Waals surface area contributed by atoms with Gasteiger partial charge in [-0.15, -0.1) is 0 Å². The Kier molecular flexibility index (Phi) is 5.50. The van der Waals surface area contributed by atoms with Gasteiger partial charge in [0.15, 0.2) is 0 Å². The highest BCUT2D eigenvalue weighted by Gasteiger charge is 2.34. The number of carbonyl (C=O) groups excluding carboxylic acids is 2. The number of fused-ring (bicyclic) bond motifs is 1. The van der Waals surface area contributed by atoms with Crippen molar-refractivity contribution in [2.45, 2.75) is 32.6 Å². The lowest BCUT2D eigenvalue weighted by atomic mass is 9.93. The van der Waals surface area contributed by atoms with Crippen LogP contribution in [0.1, 0.15) is 32.6 Å². The molecule has 0 spiro atoms. The molecule has 1 unspecified atom stereocenters. The number of esters is 1. The molecule has 2 fully saturated rings. The third-order valence-corrected chi connectivity index (χ3v) is 5.87. The summed E-state index contributed by atoms with van der Waals surface area (Å²) >= 11 is 0. The van der Waals surface area contributed by atoms with Crippen molar-refractivity contribution in [3.63, 3.8) is 0 Å². The first kappa shape index (κ1) is 18.8. The summed E-state index contributed by atoms with van der Waals surface area (Å²) in [7, 11) is 0. The molecule has 1 atom stereocenters. The molecule has 1 aromatic heterocycles. The van der Waals surface area contributed by atoms with Crippen LogP contribution in [0.25, 0.3) is 11.0 Å². The summed E-state index contributed by atoms with van der Waals surface area (Å²) in [6, 6.07) is 7.99. The number of imidazole rings is 1. The average Bonchev–Trinajstić information content (AvgIpc) is 3.18. The third kappa shape index (κ3) is 3.84. The molecule has 4 rings (SSSR count). The molecule has 1 aromatic carbocycles. The van der Waals surface area contributed by atoms with Gasteiger partial charge in [-0.25, -0.2) is 4.98 Å². The highest BCUT2D eigenvalue weighted by Crippen LogP contribution is 2.26. The monoisotopic (exact) mass is 384 g/mol. The number of H-pyrrole nitrogens is 1. The number of hydrogen-bond acceptors (Lipinski definition) is 5. The fourth-order valence-corrected chi connectivity index (χ4v) is 4.31. The van der Waals surface area contributed by atoms with Crippen molar-refractivity contribution < 1.29 is 14.3 Å². The normalized spacial score (nSPS) is 21.1. The van der Waals surface area contributed by atoms with E-state index < -0.39 is 0 Å². The van der Waals surface area contributed by atoms with E-state index in [1.54, 1.807) is 0 Å². The van der Waals surface area contributed by atoms with E-state index in [9.17, 15) is 9.59 Å². The summed E-state index contributed by atoms with van der Waals surface area (Å²) in [6.45, 7) is 5.13. The van der Waals surface area contributed by atoms with Crippen molar-refractivity contribution in [1.29, 1.82) is 0 Å². The van der Waals surface area contributed by atoms with Gasteiger partial charge in [0.25, 0.3) is 0 Å². The predicted octanol–water partition coefficient (Wildman–Crippen LogP) is 2.58. The first-order valence-corrected chi connectivity index (χ1v) is 10.3. The Labute approximate surface area is 165 Å². The quantitative estimate of drug-likeness (QED) is 0.820. The van der Waals surface area contributed by atoms with Crippen molar-refractivity contribution in [2.75, 3.05) is 37.7 Å². The molecule has 3 heterocycles. The smallest absolute Gasteiger partial charge is 0.309 e. The van der Waals surface area contributed by atoms with Crippen LogP contribution in [0.15, 0.2) is 24.3 Å². The molecule has 7 nitrogen and oxygen atoms in total. The lowest BCUT2D eigenvalue weighted by Gasteiger charge is -2.37. The molecule has 2 aliphatic rings. The van der Waals surface area contributed by atoms with Crippen molar-refractivity contribution in [2.24, 2.45) is 11.8 Å². The Balaban J connectivity index is 1.36. The average molecular weight is 384 g/mol. The number of nitrogens with zero attached hydrogens (tertiary/aromatic N) is 3. The Morgan fingerprint density at radius 1 is 1.14 bits per heavy atom. The van der Waals surface area contributed by atoms with Gasteiger partial charge in [-0.1, -0.05) is 12.1 Å². The minimum Gasteiger partial charge on any atom is -0.466 e. The number of para-hydroxylation sites is 2. The van der Waals surface area contributed by atoms with Crippen LogP contribution in [-0.2, 0) is 14.3 Å². The number of rotatable bonds is 4. The van der Waals surface area contributed by atoms with Crippen LogP contribution in [0.5, 0.6) is 0 Å². The van der Waals surface area contributed by atoms with E-state index in [-0.39, 0.29) is 23.7 Å². The van der Waals surface area contributed by atoms with Gasteiger partial charge >= 0.3 is 5.97 Å². The van der Waals surface area contributed by atoms with Gasteiger partial charge in [-0.2, -0.15) is 0 Å². The number of ether oxygens (including phenoxy) is 1. The predicted molar refractivity (Wildman–Crippen MR) is 107 cm³/mol. The van der Waals surface area contributed by atoms with E-state index in [2.05, 4.69) is 14.9 Å². The Morgan fingerprint density at radius 3 is 2.68 bits per heavy atom. The zero-order valence-corrected chi connectivity index (χ0v) is 16.4. The van der Waals surface area contributed by atoms with Crippen LogP contribution in [0, 0.1) is 11.8 Å². The fraction of sp³-hybridized carbons (Fsp3) is 0.571. The molecule has 7 heteroatoms. The van der Waals surface area contributed by atoms with Crippen LogP contribution >= 0.6 is 0 Å². The lowest BCUT2D eigenvalue weighted by Crippen LogP contribution is -2.48. The molecule has 150 valence electrons. The van der Waals surface area contributed by atoms with Gasteiger partial charge in [0.1, 0.15) is 0 Å². The third-order valence-electron chi connectivity index (χ3n) is 5.87. The van der Waals surface area contributed by atoms with Gasteiger partial charge in [-0.05, 0) is 44.7 Å². The molecule has 2 aromatic rings. The minimum absolute atomic E-state index is 0.0129. The zero-order valence-electron chi connectivity index (χ0n) is 16.4. The van der Waals surface area contributed by atoms with Crippen LogP contribution in [0.3, 0.4) is 0 Å². The second-order valence-corrected chi connectivity index (χ2v) is 7.71. The SMILES string of the molecule is CCOC(=O)C1CCN(C(=O)C2CCCN(c3nc4ccccc4[nH]3)C2)CC1. The largest absolute Gasteiger partial charge is 0.466 e. The minimum atomic E-state index is -0.122. The van der Waals surface area contributed by atoms with Crippen molar-refractivity contribution >= 4 is 28.9 Å². The molecule has 0 saturated carbocycles. The van der Waals surface area contributed by atoms with Gasteiger partial charge in [0.05, 0.1) is 29.5 Å². The summed E-state index contributed by atoms with van der Waals surface area (Å²) in [5.41, 5.74) is 1.97. The molecule has 0 aliphatic carbocycles. The van der Waals surface area contributed by atoms with Crippen LogP contribution in [0.2, 0.25) is 0 Å². The standard InChI is InChI=1S/C21H28N4O3/c1-2-28-20(27)15-9-12-24(13-10-15)19(26)16-6-5-11-25(14-16)21-22-17-7-3-4-8-18(17)23-21/h3-4,7-8,15-16H,2,5-6,9-14H2,1H3,(H,22,23). The van der Waals surface area contributed by atoms with E-state index in [0.717, 1.165) is 36.4 Å². The fourth-order valence-electron chi connectivity index (χ4n) is 4.31. The Morgan fingerprint density at radius 2 is 1.93 bits per heavy atom. The number of anilines is 1. The van der Waals surface area contributed by atoms with Crippen molar-refractivity contribution in [1.82, 2.24) is 14.9 Å². The Bertz CT molecular complexity index is 808. The second kappa shape index (κ2) is 8.20. The maximum absolute atomic E-state index is 13.1. The first-order chi connectivity index (χ1) is 13.7. The molecule has 0 radical (unpaired) electrons. The number of amides is 1. The Hall–Kier alpha value is -2.57. The van der Waals surface area contributed by atoms with Gasteiger partial charge < -0.3 is 19.5 Å². The maximum atomic E-state index is 13.1. The number of hydrogen-bond donors (Lipinski definition) is 1. The van der Waals surface area contributed by atoms with Gasteiger partial charge in [0.2, 0.25) is 11.9 Å². The first-order valence-electron chi connectivity index (χ1n) is 10.3. The second-order valence-electron chi connectivity index (χ2n) is 7.71. The van der Waals surface area contributed by atoms with Crippen LogP contribution in [0.4, 0.5) is 5.95 Å². The van der Waals surface area contributed by atoms with Crippen molar-refractivity contribution in [3.8, 4) is 0 Å². The summed E-state index contributed by atoms with van der Waals surface area (Å²) < 4.78 is 5.12. The molecule has 2 aliphatic heterocycles. The summed E-state index contributed by atoms with van der Waals surface area (Å²) in [6.07, 6.45) is 3.29. The van der Waals surface area contributed by atoms with E-state index in [1.807, 2.05) is 36.1 Å². The summed E-state index contributed by atoms with van der Waals surface area (Å²) in [5, 5.41) is 0. The number of aromatic nitrogens is 2. The number of benzene rings is 1. The lowest BCUT2D eigenvalue weighted by molar-refractivity contribution is -0.151. The molecule has 0 bridgehead atoms. The van der Waals surface area contributed by atoms with Gasteiger partial charge in [0, 0.05) is 26.2 Å². The molecule has 1 amide bonds. The highest BCUT2D eigenvalue weighted by atomic mass is 16.5. The molecular weight excluding hydrogens is 356 g/mol. The highest BCUT2D eigenvalue weighted by molar-refractivity contribution is 5.81. The number of nitrogens with one attached hydrogen (secondary N) is 1.